The molecule has 6 heteroatoms. The highest BCUT2D eigenvalue weighted by Crippen LogP contribution is 2.20. The van der Waals surface area contributed by atoms with Crippen LogP contribution in [0.2, 0.25) is 5.02 Å². The molecule has 0 unspecified atom stereocenters. The Morgan fingerprint density at radius 2 is 2.00 bits per heavy atom. The number of benzene rings is 1. The Hall–Kier alpha value is -1.59. The van der Waals surface area contributed by atoms with E-state index in [1.165, 1.54) is 6.42 Å². The van der Waals surface area contributed by atoms with Crippen molar-refractivity contribution >= 4 is 28.3 Å². The van der Waals surface area contributed by atoms with E-state index in [1.807, 2.05) is 0 Å². The number of halogens is 1. The molecule has 128 valence electrons. The molecule has 1 saturated carbocycles. The Morgan fingerprint density at radius 1 is 1.21 bits per heavy atom. The molecule has 1 fully saturated rings. The number of nitrogens with one attached hydrogen (secondary N) is 1. The third-order valence-electron chi connectivity index (χ3n) is 4.16. The van der Waals surface area contributed by atoms with Gasteiger partial charge in [0, 0.05) is 16.0 Å². The Balaban J connectivity index is 1.60. The Bertz CT molecular complexity index is 737. The molecule has 24 heavy (non-hydrogen) atoms. The van der Waals surface area contributed by atoms with Crippen molar-refractivity contribution in [3.05, 3.63) is 52.9 Å². The topological polar surface area (TPSA) is 59.3 Å². The number of hydrogen-bond acceptors (Lipinski definition) is 3. The van der Waals surface area contributed by atoms with Crippen molar-refractivity contribution in [3.63, 3.8) is 0 Å². The maximum Gasteiger partial charge on any atom is 0.287 e. The first-order chi connectivity index (χ1) is 11.6. The van der Waals surface area contributed by atoms with E-state index in [-0.39, 0.29) is 23.5 Å². The van der Waals surface area contributed by atoms with Gasteiger partial charge in [0.25, 0.3) is 5.91 Å². The van der Waals surface area contributed by atoms with Crippen LogP contribution in [0.5, 0.6) is 0 Å². The molecule has 1 aliphatic rings. The molecule has 4 nitrogen and oxygen atoms in total. The Kier molecular flexibility index (Phi) is 5.74. The fourth-order valence-corrected chi connectivity index (χ4v) is 4.23. The van der Waals surface area contributed by atoms with Gasteiger partial charge in [-0.05, 0) is 43.2 Å². The lowest BCUT2D eigenvalue weighted by Crippen LogP contribution is -2.35. The predicted molar refractivity (Wildman–Crippen MR) is 94.6 cm³/mol. The summed E-state index contributed by atoms with van der Waals surface area (Å²) in [5.41, 5.74) is 0. The van der Waals surface area contributed by atoms with Crippen molar-refractivity contribution in [3.8, 4) is 0 Å². The summed E-state index contributed by atoms with van der Waals surface area (Å²) in [5, 5.41) is 3.56. The summed E-state index contributed by atoms with van der Waals surface area (Å²) in [6.45, 7) is 0. The summed E-state index contributed by atoms with van der Waals surface area (Å²) >= 11 is 5.92. The van der Waals surface area contributed by atoms with E-state index in [4.69, 9.17) is 16.0 Å². The Morgan fingerprint density at radius 3 is 2.75 bits per heavy atom. The number of hydrogen-bond donors (Lipinski definition) is 1. The lowest BCUT2D eigenvalue weighted by molar-refractivity contribution is 0.0898. The van der Waals surface area contributed by atoms with Gasteiger partial charge in [0.15, 0.2) is 5.76 Å². The zero-order chi connectivity index (χ0) is 16.9. The normalized spacial score (nSPS) is 16.7. The summed E-state index contributed by atoms with van der Waals surface area (Å²) < 4.78 is 17.9. The third-order valence-corrected chi connectivity index (χ3v) is 5.72. The number of rotatable bonds is 5. The van der Waals surface area contributed by atoms with Crippen molar-refractivity contribution < 1.29 is 13.4 Å². The summed E-state index contributed by atoms with van der Waals surface area (Å²) in [7, 11) is -1.26. The predicted octanol–water partition coefficient (Wildman–Crippen LogP) is 4.30. The molecule has 1 atom stereocenters. The summed E-state index contributed by atoms with van der Waals surface area (Å²) in [4.78, 5) is 12.9. The molecule has 0 bridgehead atoms. The molecule has 0 spiro atoms. The molecular formula is C18H20ClNO3S. The van der Waals surface area contributed by atoms with E-state index in [1.54, 1.807) is 36.4 Å². The average Bonchev–Trinajstić information content (AvgIpc) is 3.04. The van der Waals surface area contributed by atoms with Crippen LogP contribution in [0.4, 0.5) is 0 Å². The smallest absolute Gasteiger partial charge is 0.287 e. The Labute approximate surface area is 149 Å². The fraction of sp³-hybridized carbons (Fsp3) is 0.389. The number of carbonyl (C=O) groups excluding carboxylic acids is 1. The summed E-state index contributed by atoms with van der Waals surface area (Å²) in [6.07, 6.45) is 5.61. The van der Waals surface area contributed by atoms with Gasteiger partial charge >= 0.3 is 0 Å². The highest BCUT2D eigenvalue weighted by molar-refractivity contribution is 7.84. The van der Waals surface area contributed by atoms with Gasteiger partial charge in [-0.15, -0.1) is 0 Å². The molecule has 1 aliphatic carbocycles. The molecule has 1 amide bonds. The first-order valence-electron chi connectivity index (χ1n) is 8.15. The lowest BCUT2D eigenvalue weighted by atomic mass is 9.95. The molecule has 0 radical (unpaired) electrons. The van der Waals surface area contributed by atoms with Gasteiger partial charge in [0.2, 0.25) is 0 Å². The highest BCUT2D eigenvalue weighted by atomic mass is 35.5. The average molecular weight is 366 g/mol. The van der Waals surface area contributed by atoms with E-state index in [0.29, 0.717) is 15.7 Å². The number of carbonyl (C=O) groups is 1. The molecule has 1 aromatic carbocycles. The van der Waals surface area contributed by atoms with Crippen molar-refractivity contribution in [2.24, 2.45) is 0 Å². The van der Waals surface area contributed by atoms with Gasteiger partial charge in [-0.2, -0.15) is 0 Å². The second kappa shape index (κ2) is 7.99. The van der Waals surface area contributed by atoms with Crippen molar-refractivity contribution in [1.29, 1.82) is 0 Å². The fourth-order valence-electron chi connectivity index (χ4n) is 2.90. The molecule has 3 rings (SSSR count). The van der Waals surface area contributed by atoms with Gasteiger partial charge in [0.1, 0.15) is 5.76 Å². The van der Waals surface area contributed by atoms with Crippen LogP contribution in [0, 0.1) is 0 Å². The minimum atomic E-state index is -1.26. The quantitative estimate of drug-likeness (QED) is 0.859. The molecule has 0 saturated heterocycles. The van der Waals surface area contributed by atoms with E-state index >= 15 is 0 Å². The van der Waals surface area contributed by atoms with Gasteiger partial charge in [-0.25, -0.2) is 0 Å². The van der Waals surface area contributed by atoms with Gasteiger partial charge in [-0.1, -0.05) is 36.9 Å². The monoisotopic (exact) mass is 365 g/mol. The first-order valence-corrected chi connectivity index (χ1v) is 9.85. The number of furan rings is 1. The minimum absolute atomic E-state index is 0.193. The highest BCUT2D eigenvalue weighted by Gasteiger charge is 2.19. The molecule has 2 aromatic rings. The van der Waals surface area contributed by atoms with Crippen LogP contribution in [-0.4, -0.2) is 16.2 Å². The lowest BCUT2D eigenvalue weighted by Gasteiger charge is -2.22. The third kappa shape index (κ3) is 4.48. The van der Waals surface area contributed by atoms with E-state index in [2.05, 4.69) is 5.32 Å². The van der Waals surface area contributed by atoms with Crippen molar-refractivity contribution in [1.82, 2.24) is 5.32 Å². The largest absolute Gasteiger partial charge is 0.455 e. The van der Waals surface area contributed by atoms with Gasteiger partial charge in [-0.3, -0.25) is 9.00 Å². The van der Waals surface area contributed by atoms with Gasteiger partial charge in [0.05, 0.1) is 16.6 Å². The first kappa shape index (κ1) is 17.2. The van der Waals surface area contributed by atoms with Crippen LogP contribution >= 0.6 is 11.6 Å². The van der Waals surface area contributed by atoms with Crippen LogP contribution < -0.4 is 5.32 Å². The zero-order valence-electron chi connectivity index (χ0n) is 13.3. The minimum Gasteiger partial charge on any atom is -0.455 e. The summed E-state index contributed by atoms with van der Waals surface area (Å²) in [5.74, 6) is 0.833. The maximum atomic E-state index is 12.4. The SMILES string of the molecule is O=C(NC1CCCCC1)c1ccc(C[S@@](=O)c2cccc(Cl)c2)o1. The van der Waals surface area contributed by atoms with Gasteiger partial charge < -0.3 is 9.73 Å². The van der Waals surface area contributed by atoms with Crippen LogP contribution in [0.25, 0.3) is 0 Å². The van der Waals surface area contributed by atoms with Crippen LogP contribution in [0.1, 0.15) is 48.4 Å². The molecule has 1 aromatic heterocycles. The number of amides is 1. The van der Waals surface area contributed by atoms with Crippen LogP contribution in [-0.2, 0) is 16.6 Å². The van der Waals surface area contributed by atoms with E-state index in [0.717, 1.165) is 25.7 Å². The summed E-state index contributed by atoms with van der Waals surface area (Å²) in [6, 6.07) is 10.5. The molecule has 1 N–H and O–H groups in total. The van der Waals surface area contributed by atoms with E-state index < -0.39 is 10.8 Å². The van der Waals surface area contributed by atoms with E-state index in [9.17, 15) is 9.00 Å². The standard InChI is InChI=1S/C18H20ClNO3S/c19-13-5-4-8-16(11-13)24(22)12-15-9-10-17(23-15)18(21)20-14-6-2-1-3-7-14/h4-5,8-11,14H,1-3,6-7,12H2,(H,20,21)/t24-/m1/s1. The molecule has 1 heterocycles. The zero-order valence-corrected chi connectivity index (χ0v) is 14.9. The second-order valence-electron chi connectivity index (χ2n) is 6.02. The second-order valence-corrected chi connectivity index (χ2v) is 7.91. The van der Waals surface area contributed by atoms with Crippen molar-refractivity contribution in [2.75, 3.05) is 0 Å². The molecule has 0 aliphatic heterocycles. The van der Waals surface area contributed by atoms with Crippen molar-refractivity contribution in [2.45, 2.75) is 48.8 Å². The maximum absolute atomic E-state index is 12.4. The molecular weight excluding hydrogens is 346 g/mol. The van der Waals surface area contributed by atoms with Crippen LogP contribution in [0.15, 0.2) is 45.7 Å². The van der Waals surface area contributed by atoms with Crippen LogP contribution in [0.3, 0.4) is 0 Å².